The van der Waals surface area contributed by atoms with Crippen molar-refractivity contribution < 1.29 is 18.0 Å². The summed E-state index contributed by atoms with van der Waals surface area (Å²) in [5.41, 5.74) is 2.69. The Hall–Kier alpha value is -3.07. The summed E-state index contributed by atoms with van der Waals surface area (Å²) in [5.74, 6) is -0.876. The van der Waals surface area contributed by atoms with Crippen LogP contribution in [-0.4, -0.2) is 50.5 Å². The van der Waals surface area contributed by atoms with Crippen molar-refractivity contribution in [2.45, 2.75) is 58.5 Å². The van der Waals surface area contributed by atoms with E-state index in [1.807, 2.05) is 49.4 Å². The van der Waals surface area contributed by atoms with E-state index in [9.17, 15) is 18.0 Å². The van der Waals surface area contributed by atoms with Gasteiger partial charge in [0.2, 0.25) is 21.8 Å². The summed E-state index contributed by atoms with van der Waals surface area (Å²) in [5, 5.41) is 3.69. The van der Waals surface area contributed by atoms with Gasteiger partial charge < -0.3 is 10.2 Å². The summed E-state index contributed by atoms with van der Waals surface area (Å²) in [7, 11) is -3.86. The van der Waals surface area contributed by atoms with Gasteiger partial charge in [-0.1, -0.05) is 99.4 Å². The van der Waals surface area contributed by atoms with E-state index in [4.69, 9.17) is 23.2 Å². The zero-order chi connectivity index (χ0) is 31.1. The Kier molecular flexibility index (Phi) is 11.5. The standard InChI is InChI=1S/C32H39Cl2N3O4S/c1-6-18-35-31(39)29(19-23-10-8-7-9-11-23)36(21-24-12-15-26(33)20-28(24)34)30(38)22-37(42(5,40)41)27-16-13-25(14-17-27)32(2,3)4/h7-17,20,29H,6,18-19,21-22H2,1-5H3,(H,35,39). The van der Waals surface area contributed by atoms with Crippen molar-refractivity contribution in [1.82, 2.24) is 10.2 Å². The highest BCUT2D eigenvalue weighted by molar-refractivity contribution is 7.92. The van der Waals surface area contributed by atoms with Crippen LogP contribution in [0.5, 0.6) is 0 Å². The second-order valence-electron chi connectivity index (χ2n) is 11.3. The van der Waals surface area contributed by atoms with Gasteiger partial charge in [0.05, 0.1) is 11.9 Å². The highest BCUT2D eigenvalue weighted by atomic mass is 35.5. The van der Waals surface area contributed by atoms with Crippen molar-refractivity contribution in [3.63, 3.8) is 0 Å². The molecule has 1 unspecified atom stereocenters. The molecule has 42 heavy (non-hydrogen) atoms. The third-order valence-electron chi connectivity index (χ3n) is 6.88. The molecule has 0 aliphatic rings. The van der Waals surface area contributed by atoms with Crippen molar-refractivity contribution in [3.05, 3.63) is 99.5 Å². The van der Waals surface area contributed by atoms with Crippen LogP contribution >= 0.6 is 23.2 Å². The van der Waals surface area contributed by atoms with Crippen LogP contribution in [0.4, 0.5) is 5.69 Å². The second kappa shape index (κ2) is 14.4. The lowest BCUT2D eigenvalue weighted by Gasteiger charge is -2.34. The normalized spacial score (nSPS) is 12.5. The van der Waals surface area contributed by atoms with Gasteiger partial charge in [0.15, 0.2) is 0 Å². The number of rotatable bonds is 12. The summed E-state index contributed by atoms with van der Waals surface area (Å²) in [6.07, 6.45) is 2.01. The molecule has 10 heteroatoms. The van der Waals surface area contributed by atoms with Crippen LogP contribution in [-0.2, 0) is 38.0 Å². The fourth-order valence-corrected chi connectivity index (χ4v) is 5.81. The molecule has 0 fully saturated rings. The number of halogens is 2. The van der Waals surface area contributed by atoms with Gasteiger partial charge in [0.1, 0.15) is 12.6 Å². The van der Waals surface area contributed by atoms with Gasteiger partial charge in [0, 0.05) is 29.6 Å². The van der Waals surface area contributed by atoms with Crippen LogP contribution in [0, 0.1) is 0 Å². The molecule has 0 saturated heterocycles. The van der Waals surface area contributed by atoms with E-state index >= 15 is 0 Å². The van der Waals surface area contributed by atoms with Crippen LogP contribution in [0.2, 0.25) is 10.0 Å². The Bertz CT molecular complexity index is 1470. The number of nitrogens with zero attached hydrogens (tertiary/aromatic N) is 2. The van der Waals surface area contributed by atoms with Crippen LogP contribution in [0.25, 0.3) is 0 Å². The van der Waals surface area contributed by atoms with E-state index in [1.165, 1.54) is 4.90 Å². The Labute approximate surface area is 259 Å². The van der Waals surface area contributed by atoms with E-state index in [1.54, 1.807) is 30.3 Å². The molecule has 0 aromatic heterocycles. The molecule has 3 rings (SSSR count). The summed E-state index contributed by atoms with van der Waals surface area (Å²) < 4.78 is 27.1. The first-order chi connectivity index (χ1) is 19.7. The number of carbonyl (C=O) groups is 2. The van der Waals surface area contributed by atoms with E-state index in [2.05, 4.69) is 26.1 Å². The molecule has 1 atom stereocenters. The topological polar surface area (TPSA) is 86.8 Å². The maximum Gasteiger partial charge on any atom is 0.244 e. The third kappa shape index (κ3) is 9.21. The first-order valence-electron chi connectivity index (χ1n) is 13.8. The van der Waals surface area contributed by atoms with Gasteiger partial charge >= 0.3 is 0 Å². The van der Waals surface area contributed by atoms with Gasteiger partial charge in [0.25, 0.3) is 0 Å². The summed E-state index contributed by atoms with van der Waals surface area (Å²) >= 11 is 12.6. The minimum absolute atomic E-state index is 0.0214. The smallest absolute Gasteiger partial charge is 0.244 e. The maximum atomic E-state index is 14.2. The molecule has 0 bridgehead atoms. The average molecular weight is 633 g/mol. The Morgan fingerprint density at radius 2 is 1.60 bits per heavy atom. The van der Waals surface area contributed by atoms with Crippen molar-refractivity contribution in [3.8, 4) is 0 Å². The molecule has 0 heterocycles. The molecular formula is C32H39Cl2N3O4S. The molecule has 226 valence electrons. The molecule has 7 nitrogen and oxygen atoms in total. The number of amides is 2. The highest BCUT2D eigenvalue weighted by Gasteiger charge is 2.33. The molecule has 1 N–H and O–H groups in total. The van der Waals surface area contributed by atoms with Crippen LogP contribution in [0.1, 0.15) is 50.8 Å². The van der Waals surface area contributed by atoms with E-state index < -0.39 is 28.5 Å². The number of benzene rings is 3. The second-order valence-corrected chi connectivity index (χ2v) is 14.1. The first-order valence-corrected chi connectivity index (χ1v) is 16.4. The summed E-state index contributed by atoms with van der Waals surface area (Å²) in [4.78, 5) is 29.1. The van der Waals surface area contributed by atoms with Crippen LogP contribution in [0.15, 0.2) is 72.8 Å². The number of anilines is 1. The zero-order valence-electron chi connectivity index (χ0n) is 24.7. The average Bonchev–Trinajstić information content (AvgIpc) is 2.92. The van der Waals surface area contributed by atoms with Gasteiger partial charge in [-0.05, 0) is 52.8 Å². The van der Waals surface area contributed by atoms with Crippen molar-refractivity contribution >= 4 is 50.7 Å². The number of sulfonamides is 1. The maximum absolute atomic E-state index is 14.2. The van der Waals surface area contributed by atoms with Gasteiger partial charge in [-0.3, -0.25) is 13.9 Å². The SMILES string of the molecule is CCCNC(=O)C(Cc1ccccc1)N(Cc1ccc(Cl)cc1Cl)C(=O)CN(c1ccc(C(C)(C)C)cc1)S(C)(=O)=O. The molecule has 2 amide bonds. The van der Waals surface area contributed by atoms with Crippen LogP contribution in [0.3, 0.4) is 0 Å². The quantitative estimate of drug-likeness (QED) is 0.257. The van der Waals surface area contributed by atoms with Gasteiger partial charge in [-0.25, -0.2) is 8.42 Å². The zero-order valence-corrected chi connectivity index (χ0v) is 27.1. The Morgan fingerprint density at radius 3 is 2.14 bits per heavy atom. The lowest BCUT2D eigenvalue weighted by Crippen LogP contribution is -2.53. The van der Waals surface area contributed by atoms with Crippen molar-refractivity contribution in [2.24, 2.45) is 0 Å². The lowest BCUT2D eigenvalue weighted by atomic mass is 9.87. The van der Waals surface area contributed by atoms with E-state index in [0.29, 0.717) is 34.3 Å². The van der Waals surface area contributed by atoms with Crippen LogP contribution < -0.4 is 9.62 Å². The summed E-state index contributed by atoms with van der Waals surface area (Å²) in [6.45, 7) is 8.06. The fraction of sp³-hybridized carbons (Fsp3) is 0.375. The summed E-state index contributed by atoms with van der Waals surface area (Å²) in [6, 6.07) is 20.5. The fourth-order valence-electron chi connectivity index (χ4n) is 4.49. The Balaban J connectivity index is 2.06. The monoisotopic (exact) mass is 631 g/mol. The van der Waals surface area contributed by atoms with Crippen molar-refractivity contribution in [2.75, 3.05) is 23.7 Å². The molecule has 0 radical (unpaired) electrons. The highest BCUT2D eigenvalue weighted by Crippen LogP contribution is 2.27. The number of nitrogens with one attached hydrogen (secondary N) is 1. The molecule has 0 aliphatic carbocycles. The lowest BCUT2D eigenvalue weighted by molar-refractivity contribution is -0.140. The largest absolute Gasteiger partial charge is 0.354 e. The van der Waals surface area contributed by atoms with E-state index in [-0.39, 0.29) is 24.3 Å². The predicted molar refractivity (Wildman–Crippen MR) is 172 cm³/mol. The van der Waals surface area contributed by atoms with Gasteiger partial charge in [-0.2, -0.15) is 0 Å². The molecule has 3 aromatic carbocycles. The number of carbonyl (C=O) groups excluding carboxylic acids is 2. The molecule has 0 spiro atoms. The van der Waals surface area contributed by atoms with Crippen molar-refractivity contribution in [1.29, 1.82) is 0 Å². The predicted octanol–water partition coefficient (Wildman–Crippen LogP) is 6.22. The first kappa shape index (κ1) is 33.4. The Morgan fingerprint density at radius 1 is 0.952 bits per heavy atom. The van der Waals surface area contributed by atoms with Gasteiger partial charge in [-0.15, -0.1) is 0 Å². The number of hydrogen-bond acceptors (Lipinski definition) is 4. The minimum atomic E-state index is -3.86. The minimum Gasteiger partial charge on any atom is -0.354 e. The third-order valence-corrected chi connectivity index (χ3v) is 8.60. The van der Waals surface area contributed by atoms with E-state index in [0.717, 1.165) is 21.7 Å². The molecule has 0 saturated carbocycles. The molecular weight excluding hydrogens is 593 g/mol. The number of hydrogen-bond donors (Lipinski definition) is 1. The molecule has 0 aliphatic heterocycles. The molecule has 3 aromatic rings.